The van der Waals surface area contributed by atoms with E-state index in [1.54, 1.807) is 13.2 Å². The van der Waals surface area contributed by atoms with Crippen LogP contribution in [0.5, 0.6) is 28.7 Å². The first kappa shape index (κ1) is 20.6. The number of allylic oxidation sites excluding steroid dienone is 1. The Labute approximate surface area is 197 Å². The minimum Gasteiger partial charge on any atom is -0.497 e. The van der Waals surface area contributed by atoms with Crippen LogP contribution in [0.4, 0.5) is 0 Å². The predicted molar refractivity (Wildman–Crippen MR) is 124 cm³/mol. The fourth-order valence-corrected chi connectivity index (χ4v) is 4.58. The lowest BCUT2D eigenvalue weighted by atomic mass is 9.99. The van der Waals surface area contributed by atoms with Crippen LogP contribution in [0.3, 0.4) is 0 Å². The third-order valence-electron chi connectivity index (χ3n) is 6.24. The zero-order valence-corrected chi connectivity index (χ0v) is 18.9. The van der Waals surface area contributed by atoms with Crippen LogP contribution in [-0.2, 0) is 13.1 Å². The van der Waals surface area contributed by atoms with E-state index >= 15 is 0 Å². The third-order valence-corrected chi connectivity index (χ3v) is 6.24. The van der Waals surface area contributed by atoms with Crippen molar-refractivity contribution in [1.82, 2.24) is 4.90 Å². The molecule has 34 heavy (non-hydrogen) atoms. The quantitative estimate of drug-likeness (QED) is 0.526. The number of methoxy groups -OCH3 is 1. The number of carbonyl (C=O) groups excluding carboxylic acids is 1. The van der Waals surface area contributed by atoms with Gasteiger partial charge in [-0.2, -0.15) is 0 Å². The van der Waals surface area contributed by atoms with Gasteiger partial charge in [-0.25, -0.2) is 0 Å². The van der Waals surface area contributed by atoms with E-state index in [9.17, 15) is 4.79 Å². The number of ether oxygens (including phenoxy) is 5. The predicted octanol–water partition coefficient (Wildman–Crippen LogP) is 4.70. The second-order valence-corrected chi connectivity index (χ2v) is 8.53. The molecule has 0 saturated carbocycles. The largest absolute Gasteiger partial charge is 0.497 e. The molecule has 0 radical (unpaired) electrons. The Hall–Kier alpha value is -3.97. The number of Topliss-reactive ketones (excluding diaryl/α,β-unsaturated/α-hetero) is 1. The number of hydrogen-bond donors (Lipinski definition) is 0. The Morgan fingerprint density at radius 2 is 1.91 bits per heavy atom. The van der Waals surface area contributed by atoms with Gasteiger partial charge in [0, 0.05) is 24.2 Å². The lowest BCUT2D eigenvalue weighted by Gasteiger charge is -2.30. The maximum atomic E-state index is 13.2. The molecule has 3 aromatic rings. The highest BCUT2D eigenvalue weighted by Crippen LogP contribution is 2.43. The molecule has 0 aliphatic carbocycles. The van der Waals surface area contributed by atoms with Crippen LogP contribution < -0.4 is 23.7 Å². The molecule has 0 fully saturated rings. The van der Waals surface area contributed by atoms with E-state index in [2.05, 4.69) is 4.90 Å². The maximum absolute atomic E-state index is 13.2. The zero-order chi connectivity index (χ0) is 23.2. The van der Waals surface area contributed by atoms with Crippen molar-refractivity contribution in [2.75, 3.05) is 20.6 Å². The second-order valence-electron chi connectivity index (χ2n) is 8.53. The standard InChI is InChI=1S/C27H23NO6/c1-16-26-19(13-28(14-31-26)12-18-6-7-22-23(10-18)33-15-32-22)11-21-25(29)24(34-27(16)21)9-17-4-3-5-20(8-17)30-2/h3-11H,12-15H2,1-2H3/b24-9-. The average molecular weight is 457 g/mol. The SMILES string of the molecule is COc1cccc(/C=C2\Oc3c(cc4c(c3C)OCN(Cc3ccc5c(c3)OCO5)C4)C2=O)c1. The molecule has 3 heterocycles. The van der Waals surface area contributed by atoms with Crippen molar-refractivity contribution in [1.29, 1.82) is 0 Å². The Bertz CT molecular complexity index is 1350. The highest BCUT2D eigenvalue weighted by Gasteiger charge is 2.33. The Morgan fingerprint density at radius 1 is 1.03 bits per heavy atom. The molecule has 0 saturated heterocycles. The van der Waals surface area contributed by atoms with E-state index in [1.807, 2.05) is 55.5 Å². The van der Waals surface area contributed by atoms with Gasteiger partial charge in [-0.3, -0.25) is 9.69 Å². The van der Waals surface area contributed by atoms with E-state index < -0.39 is 0 Å². The van der Waals surface area contributed by atoms with Crippen molar-refractivity contribution >= 4 is 11.9 Å². The van der Waals surface area contributed by atoms with E-state index in [1.165, 1.54) is 0 Å². The van der Waals surface area contributed by atoms with Crippen molar-refractivity contribution in [2.24, 2.45) is 0 Å². The van der Waals surface area contributed by atoms with E-state index in [-0.39, 0.29) is 12.6 Å². The van der Waals surface area contributed by atoms with Crippen molar-refractivity contribution in [3.63, 3.8) is 0 Å². The first-order chi connectivity index (χ1) is 16.6. The van der Waals surface area contributed by atoms with Crippen LogP contribution in [0.2, 0.25) is 0 Å². The summed E-state index contributed by atoms with van der Waals surface area (Å²) >= 11 is 0. The Balaban J connectivity index is 1.25. The molecule has 3 aliphatic heterocycles. The van der Waals surface area contributed by atoms with Gasteiger partial charge in [0.1, 0.15) is 24.0 Å². The molecule has 3 aliphatic rings. The van der Waals surface area contributed by atoms with Gasteiger partial charge in [0.2, 0.25) is 12.6 Å². The van der Waals surface area contributed by atoms with E-state index in [0.717, 1.165) is 45.3 Å². The summed E-state index contributed by atoms with van der Waals surface area (Å²) in [7, 11) is 1.61. The van der Waals surface area contributed by atoms with Gasteiger partial charge in [-0.15, -0.1) is 0 Å². The van der Waals surface area contributed by atoms with Gasteiger partial charge in [-0.1, -0.05) is 18.2 Å². The molecule has 3 aromatic carbocycles. The summed E-state index contributed by atoms with van der Waals surface area (Å²) in [6.07, 6.45) is 1.75. The molecular formula is C27H23NO6. The smallest absolute Gasteiger partial charge is 0.231 e. The number of rotatable bonds is 4. The number of fused-ring (bicyclic) bond motifs is 3. The zero-order valence-electron chi connectivity index (χ0n) is 18.9. The highest BCUT2D eigenvalue weighted by atomic mass is 16.7. The van der Waals surface area contributed by atoms with Crippen molar-refractivity contribution in [3.8, 4) is 28.7 Å². The van der Waals surface area contributed by atoms with Crippen molar-refractivity contribution in [2.45, 2.75) is 20.0 Å². The molecule has 0 bridgehead atoms. The summed E-state index contributed by atoms with van der Waals surface area (Å²) in [5.74, 6) is 3.79. The van der Waals surface area contributed by atoms with E-state index in [0.29, 0.717) is 36.9 Å². The summed E-state index contributed by atoms with van der Waals surface area (Å²) in [5, 5.41) is 0. The van der Waals surface area contributed by atoms with Crippen LogP contribution in [0.25, 0.3) is 6.08 Å². The van der Waals surface area contributed by atoms with Gasteiger partial charge in [0.25, 0.3) is 0 Å². The summed E-state index contributed by atoms with van der Waals surface area (Å²) in [5.41, 5.74) is 4.33. The molecule has 0 aromatic heterocycles. The number of hydrogen-bond acceptors (Lipinski definition) is 7. The minimum atomic E-state index is -0.128. The number of nitrogens with zero attached hydrogens (tertiary/aromatic N) is 1. The summed E-state index contributed by atoms with van der Waals surface area (Å²) < 4.78 is 28.3. The average Bonchev–Trinajstić information content (AvgIpc) is 3.44. The highest BCUT2D eigenvalue weighted by molar-refractivity contribution is 6.15. The Kier molecular flexibility index (Phi) is 4.92. The molecule has 7 nitrogen and oxygen atoms in total. The molecule has 7 heteroatoms. The molecule has 0 N–H and O–H groups in total. The monoisotopic (exact) mass is 457 g/mol. The molecule has 6 rings (SSSR count). The van der Waals surface area contributed by atoms with Crippen molar-refractivity contribution < 1.29 is 28.5 Å². The Morgan fingerprint density at radius 3 is 2.79 bits per heavy atom. The number of benzene rings is 3. The topological polar surface area (TPSA) is 66.5 Å². The lowest BCUT2D eigenvalue weighted by molar-refractivity contribution is 0.0876. The first-order valence-electron chi connectivity index (χ1n) is 11.1. The first-order valence-corrected chi connectivity index (χ1v) is 11.1. The summed E-state index contributed by atoms with van der Waals surface area (Å²) in [6.45, 7) is 4.00. The fraction of sp³-hybridized carbons (Fsp3) is 0.222. The van der Waals surface area contributed by atoms with Crippen LogP contribution in [0, 0.1) is 6.92 Å². The summed E-state index contributed by atoms with van der Waals surface area (Å²) in [6, 6.07) is 15.4. The molecule has 0 amide bonds. The van der Waals surface area contributed by atoms with Gasteiger partial charge >= 0.3 is 0 Å². The second kappa shape index (κ2) is 8.11. The van der Waals surface area contributed by atoms with Crippen LogP contribution in [-0.4, -0.2) is 31.3 Å². The van der Waals surface area contributed by atoms with Gasteiger partial charge in [0.05, 0.1) is 12.7 Å². The number of carbonyl (C=O) groups is 1. The van der Waals surface area contributed by atoms with Crippen LogP contribution >= 0.6 is 0 Å². The van der Waals surface area contributed by atoms with Crippen molar-refractivity contribution in [3.05, 3.63) is 82.1 Å². The fourth-order valence-electron chi connectivity index (χ4n) is 4.58. The maximum Gasteiger partial charge on any atom is 0.231 e. The lowest BCUT2D eigenvalue weighted by Crippen LogP contribution is -2.32. The van der Waals surface area contributed by atoms with Gasteiger partial charge < -0.3 is 23.7 Å². The van der Waals surface area contributed by atoms with Gasteiger partial charge in [-0.05, 0) is 54.5 Å². The summed E-state index contributed by atoms with van der Waals surface area (Å²) in [4.78, 5) is 15.3. The van der Waals surface area contributed by atoms with Crippen LogP contribution in [0.1, 0.15) is 32.6 Å². The third kappa shape index (κ3) is 3.54. The van der Waals surface area contributed by atoms with Crippen LogP contribution in [0.15, 0.2) is 54.3 Å². The molecule has 0 spiro atoms. The normalized spacial score (nSPS) is 17.2. The van der Waals surface area contributed by atoms with E-state index in [4.69, 9.17) is 23.7 Å². The molecule has 0 atom stereocenters. The molecule has 172 valence electrons. The molecule has 0 unspecified atom stereocenters. The molecular weight excluding hydrogens is 434 g/mol. The number of ketones is 1. The van der Waals surface area contributed by atoms with Gasteiger partial charge in [0.15, 0.2) is 17.3 Å². The minimum absolute atomic E-state index is 0.128.